The van der Waals surface area contributed by atoms with Crippen LogP contribution < -0.4 is 0 Å². The summed E-state index contributed by atoms with van der Waals surface area (Å²) in [7, 11) is -17.7. The van der Waals surface area contributed by atoms with E-state index in [-0.39, 0.29) is 0 Å². The van der Waals surface area contributed by atoms with E-state index in [1.165, 1.54) is 0 Å². The number of carbonyl (C=O) groups excluding carboxylic acids is 4. The molecule has 296 valence electrons. The number of carbonyl (C=O) groups is 4. The van der Waals surface area contributed by atoms with Crippen molar-refractivity contribution in [3.63, 3.8) is 0 Å². The van der Waals surface area contributed by atoms with E-state index in [0.717, 1.165) is 27.7 Å². The van der Waals surface area contributed by atoms with Gasteiger partial charge in [0.25, 0.3) is 40.5 Å². The summed E-state index contributed by atoms with van der Waals surface area (Å²) >= 11 is 0. The largest absolute Gasteiger partial charge is 0.456 e. The molecule has 2 aliphatic heterocycles. The van der Waals surface area contributed by atoms with Crippen molar-refractivity contribution in [2.75, 3.05) is 44.8 Å². The monoisotopic (exact) mass is 822 g/mol. The molecule has 0 saturated carbocycles. The molecular formula is C24H38O23S4. The Morgan fingerprint density at radius 2 is 0.980 bits per heavy atom. The second kappa shape index (κ2) is 17.0. The lowest BCUT2D eigenvalue weighted by atomic mass is 9.98. The van der Waals surface area contributed by atoms with Crippen LogP contribution in [0.2, 0.25) is 0 Å². The van der Waals surface area contributed by atoms with Crippen molar-refractivity contribution < 1.29 is 103 Å². The lowest BCUT2D eigenvalue weighted by Gasteiger charge is -2.46. The van der Waals surface area contributed by atoms with Gasteiger partial charge in [0, 0.05) is 27.7 Å². The minimum absolute atomic E-state index is 0.528. The van der Waals surface area contributed by atoms with Crippen molar-refractivity contribution in [1.29, 1.82) is 0 Å². The van der Waals surface area contributed by atoms with Crippen LogP contribution in [0.1, 0.15) is 27.7 Å². The van der Waals surface area contributed by atoms with Crippen LogP contribution in [0.25, 0.3) is 0 Å². The summed E-state index contributed by atoms with van der Waals surface area (Å²) in [6.45, 7) is 0.0978. The molecule has 27 heteroatoms. The van der Waals surface area contributed by atoms with Crippen LogP contribution in [0, 0.1) is 0 Å². The van der Waals surface area contributed by atoms with Crippen LogP contribution in [-0.2, 0) is 110 Å². The van der Waals surface area contributed by atoms with Gasteiger partial charge in [-0.1, -0.05) is 0 Å². The Balaban J connectivity index is 2.92. The fourth-order valence-electron chi connectivity index (χ4n) is 4.71. The summed E-state index contributed by atoms with van der Waals surface area (Å²) in [5.74, 6) is -7.36. The van der Waals surface area contributed by atoms with Crippen LogP contribution in [0.4, 0.5) is 0 Å². The van der Waals surface area contributed by atoms with Crippen molar-refractivity contribution in [2.24, 2.45) is 0 Å². The van der Waals surface area contributed by atoms with Crippen LogP contribution in [-0.4, -0.2) is 157 Å². The normalized spacial score (nSPS) is 30.3. The van der Waals surface area contributed by atoms with Crippen LogP contribution >= 0.6 is 0 Å². The molecule has 0 aromatic rings. The van der Waals surface area contributed by atoms with Crippen molar-refractivity contribution >= 4 is 64.3 Å². The van der Waals surface area contributed by atoms with Gasteiger partial charge in [0.2, 0.25) is 5.79 Å². The Hall–Kier alpha value is -2.60. The van der Waals surface area contributed by atoms with Gasteiger partial charge >= 0.3 is 23.9 Å². The van der Waals surface area contributed by atoms with E-state index in [9.17, 15) is 52.8 Å². The lowest BCUT2D eigenvalue weighted by molar-refractivity contribution is -0.378. The molecule has 2 heterocycles. The Morgan fingerprint density at radius 1 is 0.549 bits per heavy atom. The van der Waals surface area contributed by atoms with E-state index >= 15 is 0 Å². The molecule has 0 spiro atoms. The Morgan fingerprint density at radius 3 is 1.41 bits per heavy atom. The number of hydrogen-bond acceptors (Lipinski definition) is 23. The number of ether oxygens (including phenoxy) is 7. The van der Waals surface area contributed by atoms with E-state index in [0.29, 0.717) is 25.0 Å². The van der Waals surface area contributed by atoms with Crippen LogP contribution in [0.5, 0.6) is 0 Å². The average Bonchev–Trinajstić information content (AvgIpc) is 3.17. The van der Waals surface area contributed by atoms with Gasteiger partial charge < -0.3 is 33.2 Å². The number of rotatable bonds is 17. The van der Waals surface area contributed by atoms with Crippen LogP contribution in [0.3, 0.4) is 0 Å². The molecule has 0 unspecified atom stereocenters. The zero-order chi connectivity index (χ0) is 39.3. The molecule has 0 bridgehead atoms. The molecule has 51 heavy (non-hydrogen) atoms. The highest BCUT2D eigenvalue weighted by Crippen LogP contribution is 2.42. The standard InChI is InChI=1S/C24H38O23S4/c1-12(25)40-18-16(9-37-48(5,29)30)44-23(21(47-51(8,35)36)20(18)42-14(3)27)46-24(11-39-50(7,33)34)22(43-15(4)28)19(41-13(2)26)17(45-24)10-38-49(6,31)32/h16-23H,9-11H2,1-8H3/t16-,17+,18-,19-,20+,21-,22-,23+,24-/m0/s1. The van der Waals surface area contributed by atoms with Crippen molar-refractivity contribution in [2.45, 2.75) is 82.5 Å². The molecule has 0 aliphatic carbocycles. The molecule has 9 atom stereocenters. The maximum absolute atomic E-state index is 12.5. The van der Waals surface area contributed by atoms with Gasteiger partial charge in [0.05, 0.1) is 38.2 Å². The first-order valence-corrected chi connectivity index (χ1v) is 21.4. The molecule has 2 saturated heterocycles. The van der Waals surface area contributed by atoms with E-state index < -0.39 is 139 Å². The fourth-order valence-corrected chi connectivity index (χ4v) is 6.46. The van der Waals surface area contributed by atoms with Crippen LogP contribution in [0.15, 0.2) is 0 Å². The summed E-state index contributed by atoms with van der Waals surface area (Å²) in [6.07, 6.45) is -13.8. The lowest BCUT2D eigenvalue weighted by Crippen LogP contribution is -2.65. The smallest absolute Gasteiger partial charge is 0.303 e. The molecule has 2 fully saturated rings. The summed E-state index contributed by atoms with van der Waals surface area (Å²) in [5, 5.41) is 0. The highest BCUT2D eigenvalue weighted by molar-refractivity contribution is 7.86. The molecule has 2 aliphatic rings. The highest BCUT2D eigenvalue weighted by atomic mass is 32.2. The predicted molar refractivity (Wildman–Crippen MR) is 162 cm³/mol. The molecule has 23 nitrogen and oxygen atoms in total. The molecule has 2 rings (SSSR count). The zero-order valence-electron chi connectivity index (χ0n) is 28.3. The third-order valence-electron chi connectivity index (χ3n) is 6.21. The van der Waals surface area contributed by atoms with E-state index in [1.54, 1.807) is 0 Å². The maximum Gasteiger partial charge on any atom is 0.303 e. The molecule has 0 radical (unpaired) electrons. The maximum atomic E-state index is 12.5. The SMILES string of the molecule is CC(=O)O[C@H]1[C@H](OS(C)(=O)=O)[C@@H](O[C@]2(COS(C)(=O)=O)O[C@H](COS(C)(=O)=O)[C@H](OC(C)=O)[C@@H]2OC(C)=O)O[C@@H](COS(C)(=O)=O)[C@@H]1OC(C)=O. The van der Waals surface area contributed by atoms with Gasteiger partial charge in [-0.05, 0) is 0 Å². The zero-order valence-corrected chi connectivity index (χ0v) is 31.5. The summed E-state index contributed by atoms with van der Waals surface area (Å²) in [5.41, 5.74) is 0. The second-order valence-electron chi connectivity index (χ2n) is 11.1. The third-order valence-corrected chi connectivity index (χ3v) is 8.45. The molecule has 0 aromatic heterocycles. The van der Waals surface area contributed by atoms with Gasteiger partial charge in [-0.2, -0.15) is 33.7 Å². The molecule has 0 amide bonds. The molecule has 0 aromatic carbocycles. The first kappa shape index (κ1) is 44.6. The van der Waals surface area contributed by atoms with Crippen molar-refractivity contribution in [3.8, 4) is 0 Å². The van der Waals surface area contributed by atoms with Gasteiger partial charge in [-0.3, -0.25) is 35.9 Å². The van der Waals surface area contributed by atoms with E-state index in [2.05, 4.69) is 0 Å². The van der Waals surface area contributed by atoms with Crippen molar-refractivity contribution in [3.05, 3.63) is 0 Å². The van der Waals surface area contributed by atoms with E-state index in [4.69, 9.17) is 49.9 Å². The Labute approximate surface area is 293 Å². The van der Waals surface area contributed by atoms with Gasteiger partial charge in [-0.15, -0.1) is 0 Å². The average molecular weight is 823 g/mol. The number of esters is 4. The van der Waals surface area contributed by atoms with Gasteiger partial charge in [0.15, 0.2) is 36.8 Å². The Kier molecular flexibility index (Phi) is 14.9. The first-order chi connectivity index (χ1) is 23.0. The topological polar surface area (TPSA) is 306 Å². The van der Waals surface area contributed by atoms with Crippen molar-refractivity contribution in [1.82, 2.24) is 0 Å². The second-order valence-corrected chi connectivity index (χ2v) is 17.6. The summed E-state index contributed by atoms with van der Waals surface area (Å²) in [6, 6.07) is 0. The number of hydrogen-bond donors (Lipinski definition) is 0. The highest BCUT2D eigenvalue weighted by Gasteiger charge is 2.64. The molecular weight excluding hydrogens is 785 g/mol. The first-order valence-electron chi connectivity index (χ1n) is 14.1. The minimum atomic E-state index is -4.64. The summed E-state index contributed by atoms with van der Waals surface area (Å²) in [4.78, 5) is 48.9. The third kappa shape index (κ3) is 14.7. The fraction of sp³-hybridized carbons (Fsp3) is 0.833. The van der Waals surface area contributed by atoms with Gasteiger partial charge in [-0.25, -0.2) is 0 Å². The quantitative estimate of drug-likeness (QED) is 0.0793. The summed E-state index contributed by atoms with van der Waals surface area (Å²) < 4.78 is 155. The Bertz CT molecular complexity index is 1740. The van der Waals surface area contributed by atoms with E-state index in [1.807, 2.05) is 0 Å². The van der Waals surface area contributed by atoms with Gasteiger partial charge in [0.1, 0.15) is 18.8 Å². The molecule has 0 N–H and O–H groups in total. The predicted octanol–water partition coefficient (Wildman–Crippen LogP) is -3.18. The minimum Gasteiger partial charge on any atom is -0.456 e.